The molecule has 0 heterocycles. The molecule has 0 aliphatic heterocycles. The Bertz CT molecular complexity index is 629. The van der Waals surface area contributed by atoms with Crippen LogP contribution >= 0.6 is 0 Å². The third kappa shape index (κ3) is 3.46. The summed E-state index contributed by atoms with van der Waals surface area (Å²) in [5, 5.41) is 3.70. The number of carbonyl (C=O) groups excluding carboxylic acids is 1. The van der Waals surface area contributed by atoms with Gasteiger partial charge in [0.25, 0.3) is 0 Å². The first-order valence-corrected chi connectivity index (χ1v) is 6.39. The summed E-state index contributed by atoms with van der Waals surface area (Å²) in [5.41, 5.74) is 11.7. The number of carbonyl (C=O) groups is 1. The molecule has 1 unspecified atom stereocenters. The standard InChI is InChI=1S/C16H15N3O/c1-12(20)11-16(18-19-17)15-9-7-14(8-10-15)13-5-3-2-4-6-13/h2-10,16H,11H2,1H3. The minimum Gasteiger partial charge on any atom is -0.300 e. The average Bonchev–Trinajstić information content (AvgIpc) is 2.47. The molecule has 2 aromatic carbocycles. The molecule has 4 heteroatoms. The van der Waals surface area contributed by atoms with E-state index in [1.54, 1.807) is 0 Å². The van der Waals surface area contributed by atoms with Crippen LogP contribution in [0.4, 0.5) is 0 Å². The smallest absolute Gasteiger partial charge is 0.130 e. The molecule has 0 amide bonds. The molecular weight excluding hydrogens is 250 g/mol. The summed E-state index contributed by atoms with van der Waals surface area (Å²) >= 11 is 0. The number of ketones is 1. The molecule has 4 nitrogen and oxygen atoms in total. The molecule has 20 heavy (non-hydrogen) atoms. The van der Waals surface area contributed by atoms with Crippen molar-refractivity contribution in [3.05, 3.63) is 70.6 Å². The predicted molar refractivity (Wildman–Crippen MR) is 79.1 cm³/mol. The van der Waals surface area contributed by atoms with Gasteiger partial charge in [0.05, 0.1) is 6.04 Å². The Morgan fingerprint density at radius 1 is 1.10 bits per heavy atom. The molecular formula is C16H15N3O. The van der Waals surface area contributed by atoms with Crippen molar-refractivity contribution >= 4 is 5.78 Å². The maximum Gasteiger partial charge on any atom is 0.130 e. The van der Waals surface area contributed by atoms with Gasteiger partial charge in [-0.2, -0.15) is 0 Å². The first-order valence-electron chi connectivity index (χ1n) is 6.39. The van der Waals surface area contributed by atoms with Crippen LogP contribution in [0.3, 0.4) is 0 Å². The summed E-state index contributed by atoms with van der Waals surface area (Å²) in [6, 6.07) is 17.4. The van der Waals surface area contributed by atoms with E-state index < -0.39 is 6.04 Å². The van der Waals surface area contributed by atoms with E-state index in [1.807, 2.05) is 54.6 Å². The minimum atomic E-state index is -0.428. The number of nitrogens with zero attached hydrogens (tertiary/aromatic N) is 3. The lowest BCUT2D eigenvalue weighted by Gasteiger charge is -2.10. The van der Waals surface area contributed by atoms with Crippen molar-refractivity contribution in [3.8, 4) is 11.1 Å². The lowest BCUT2D eigenvalue weighted by Crippen LogP contribution is -2.01. The van der Waals surface area contributed by atoms with Gasteiger partial charge >= 0.3 is 0 Å². The summed E-state index contributed by atoms with van der Waals surface area (Å²) in [5.74, 6) is 0.00883. The average molecular weight is 265 g/mol. The number of Topliss-reactive ketones (excluding diaryl/α,β-unsaturated/α-hetero) is 1. The second-order valence-corrected chi connectivity index (χ2v) is 4.61. The van der Waals surface area contributed by atoms with E-state index in [0.717, 1.165) is 16.7 Å². The van der Waals surface area contributed by atoms with E-state index in [1.165, 1.54) is 6.92 Å². The number of rotatable bonds is 5. The monoisotopic (exact) mass is 265 g/mol. The predicted octanol–water partition coefficient (Wildman–Crippen LogP) is 4.68. The Kier molecular flexibility index (Phi) is 4.53. The highest BCUT2D eigenvalue weighted by Crippen LogP contribution is 2.25. The zero-order chi connectivity index (χ0) is 14.4. The van der Waals surface area contributed by atoms with Crippen LogP contribution in [0, 0.1) is 0 Å². The molecule has 0 aliphatic rings. The van der Waals surface area contributed by atoms with Crippen LogP contribution in [-0.2, 0) is 4.79 Å². The Morgan fingerprint density at radius 2 is 1.70 bits per heavy atom. The normalized spacial score (nSPS) is 11.4. The quantitative estimate of drug-likeness (QED) is 0.439. The highest BCUT2D eigenvalue weighted by atomic mass is 16.1. The van der Waals surface area contributed by atoms with Gasteiger partial charge in [0.2, 0.25) is 0 Å². The van der Waals surface area contributed by atoms with E-state index in [-0.39, 0.29) is 12.2 Å². The first kappa shape index (κ1) is 13.8. The highest BCUT2D eigenvalue weighted by Gasteiger charge is 2.12. The largest absolute Gasteiger partial charge is 0.300 e. The van der Waals surface area contributed by atoms with Crippen LogP contribution in [-0.4, -0.2) is 5.78 Å². The first-order chi connectivity index (χ1) is 9.70. The number of hydrogen-bond donors (Lipinski definition) is 0. The van der Waals surface area contributed by atoms with Gasteiger partial charge in [-0.3, -0.25) is 0 Å². The maximum atomic E-state index is 11.2. The van der Waals surface area contributed by atoms with Gasteiger partial charge in [-0.05, 0) is 29.1 Å². The van der Waals surface area contributed by atoms with Gasteiger partial charge in [-0.25, -0.2) is 0 Å². The molecule has 1 atom stereocenters. The molecule has 0 aliphatic carbocycles. The topological polar surface area (TPSA) is 65.8 Å². The second-order valence-electron chi connectivity index (χ2n) is 4.61. The number of hydrogen-bond acceptors (Lipinski definition) is 2. The Morgan fingerprint density at radius 3 is 2.25 bits per heavy atom. The Labute approximate surface area is 117 Å². The molecule has 0 fully saturated rings. The fourth-order valence-corrected chi connectivity index (χ4v) is 2.09. The highest BCUT2D eigenvalue weighted by molar-refractivity contribution is 5.76. The van der Waals surface area contributed by atoms with Gasteiger partial charge in [0.15, 0.2) is 0 Å². The molecule has 0 saturated carbocycles. The molecule has 0 bridgehead atoms. The molecule has 2 aromatic rings. The summed E-state index contributed by atoms with van der Waals surface area (Å²) < 4.78 is 0. The van der Waals surface area contributed by atoms with Crippen molar-refractivity contribution in [1.29, 1.82) is 0 Å². The third-order valence-corrected chi connectivity index (χ3v) is 3.07. The Balaban J connectivity index is 2.26. The summed E-state index contributed by atoms with van der Waals surface area (Å²) in [4.78, 5) is 14.0. The van der Waals surface area contributed by atoms with Crippen LogP contribution in [0.2, 0.25) is 0 Å². The SMILES string of the molecule is CC(=O)CC(N=[N+]=[N-])c1ccc(-c2ccccc2)cc1. The van der Waals surface area contributed by atoms with Crippen LogP contribution in [0.25, 0.3) is 21.6 Å². The van der Waals surface area contributed by atoms with Gasteiger partial charge in [-0.15, -0.1) is 0 Å². The van der Waals surface area contributed by atoms with E-state index in [2.05, 4.69) is 10.0 Å². The summed E-state index contributed by atoms with van der Waals surface area (Å²) in [6.07, 6.45) is 0.231. The van der Waals surface area contributed by atoms with Gasteiger partial charge < -0.3 is 4.79 Å². The van der Waals surface area contributed by atoms with Crippen molar-refractivity contribution in [2.75, 3.05) is 0 Å². The van der Waals surface area contributed by atoms with Crippen LogP contribution < -0.4 is 0 Å². The fraction of sp³-hybridized carbons (Fsp3) is 0.188. The van der Waals surface area contributed by atoms with Crippen LogP contribution in [0.5, 0.6) is 0 Å². The van der Waals surface area contributed by atoms with Crippen LogP contribution in [0.15, 0.2) is 59.7 Å². The van der Waals surface area contributed by atoms with E-state index in [9.17, 15) is 4.79 Å². The molecule has 100 valence electrons. The number of benzene rings is 2. The van der Waals surface area contributed by atoms with Gasteiger partial charge in [-0.1, -0.05) is 59.7 Å². The summed E-state index contributed by atoms with van der Waals surface area (Å²) in [7, 11) is 0. The second kappa shape index (κ2) is 6.55. The molecule has 2 rings (SSSR count). The number of azide groups is 1. The molecule has 0 N–H and O–H groups in total. The van der Waals surface area contributed by atoms with E-state index in [0.29, 0.717) is 0 Å². The zero-order valence-corrected chi connectivity index (χ0v) is 11.2. The fourth-order valence-electron chi connectivity index (χ4n) is 2.09. The Hall–Kier alpha value is -2.58. The molecule has 0 radical (unpaired) electrons. The van der Waals surface area contributed by atoms with Crippen molar-refractivity contribution in [3.63, 3.8) is 0 Å². The van der Waals surface area contributed by atoms with E-state index in [4.69, 9.17) is 5.53 Å². The van der Waals surface area contributed by atoms with Crippen molar-refractivity contribution < 1.29 is 4.79 Å². The van der Waals surface area contributed by atoms with Gasteiger partial charge in [0.1, 0.15) is 5.78 Å². The third-order valence-electron chi connectivity index (χ3n) is 3.07. The van der Waals surface area contributed by atoms with Crippen molar-refractivity contribution in [1.82, 2.24) is 0 Å². The van der Waals surface area contributed by atoms with Crippen molar-refractivity contribution in [2.45, 2.75) is 19.4 Å². The molecule has 0 aromatic heterocycles. The lowest BCUT2D eigenvalue weighted by atomic mass is 9.99. The minimum absolute atomic E-state index is 0.00883. The van der Waals surface area contributed by atoms with Crippen molar-refractivity contribution in [2.24, 2.45) is 5.11 Å². The summed E-state index contributed by atoms with van der Waals surface area (Å²) in [6.45, 7) is 1.50. The lowest BCUT2D eigenvalue weighted by molar-refractivity contribution is -0.117. The maximum absolute atomic E-state index is 11.2. The zero-order valence-electron chi connectivity index (χ0n) is 11.2. The van der Waals surface area contributed by atoms with Crippen LogP contribution in [0.1, 0.15) is 24.9 Å². The van der Waals surface area contributed by atoms with Gasteiger partial charge in [0, 0.05) is 11.3 Å². The molecule has 0 spiro atoms. The van der Waals surface area contributed by atoms with E-state index >= 15 is 0 Å². The molecule has 0 saturated heterocycles.